The normalized spacial score (nSPS) is 26.3. The van der Waals surface area contributed by atoms with Crippen LogP contribution in [0.15, 0.2) is 24.3 Å². The smallest absolute Gasteiger partial charge is 0.249 e. The van der Waals surface area contributed by atoms with Gasteiger partial charge in [0.1, 0.15) is 5.37 Å². The Balaban J connectivity index is 2.21. The molecule has 1 fully saturated rings. The van der Waals surface area contributed by atoms with Gasteiger partial charge in [-0.2, -0.15) is 0 Å². The average molecular weight is 340 g/mol. The van der Waals surface area contributed by atoms with Crippen molar-refractivity contribution < 1.29 is 4.79 Å². The van der Waals surface area contributed by atoms with Crippen LogP contribution in [0.4, 0.5) is 0 Å². The van der Waals surface area contributed by atoms with Crippen molar-refractivity contribution in [1.29, 1.82) is 0 Å². The number of rotatable bonds is 1. The summed E-state index contributed by atoms with van der Waals surface area (Å²) in [4.78, 5) is 11.2. The van der Waals surface area contributed by atoms with Crippen LogP contribution in [0.3, 0.4) is 0 Å². The molecule has 1 aliphatic heterocycles. The maximum Gasteiger partial charge on any atom is 0.249 e. The Morgan fingerprint density at radius 1 is 1.50 bits per heavy atom. The minimum Gasteiger partial charge on any atom is -0.338 e. The van der Waals surface area contributed by atoms with E-state index in [-0.39, 0.29) is 11.3 Å². The molecular formula is C9H7ClINOS. The first-order valence-corrected chi connectivity index (χ1v) is 6.48. The lowest BCUT2D eigenvalue weighted by molar-refractivity contribution is -0.118. The molecule has 0 spiro atoms. The minimum atomic E-state index is -0.460. The highest BCUT2D eigenvalue weighted by molar-refractivity contribution is 14.1. The third kappa shape index (κ3) is 2.17. The van der Waals surface area contributed by atoms with E-state index in [4.69, 9.17) is 11.6 Å². The molecule has 2 nitrogen and oxygen atoms in total. The highest BCUT2D eigenvalue weighted by Crippen LogP contribution is 2.37. The molecule has 1 aliphatic rings. The molecule has 2 unspecified atom stereocenters. The van der Waals surface area contributed by atoms with E-state index < -0.39 is 4.71 Å². The lowest BCUT2D eigenvalue weighted by Gasteiger charge is -2.09. The quantitative estimate of drug-likeness (QED) is 0.630. The molecule has 1 heterocycles. The van der Waals surface area contributed by atoms with Gasteiger partial charge in [0.2, 0.25) is 5.91 Å². The molecule has 0 aromatic heterocycles. The van der Waals surface area contributed by atoms with Crippen LogP contribution in [0, 0.1) is 3.57 Å². The largest absolute Gasteiger partial charge is 0.338 e. The van der Waals surface area contributed by atoms with Crippen LogP contribution in [0.1, 0.15) is 10.9 Å². The van der Waals surface area contributed by atoms with Crippen LogP contribution in [0.25, 0.3) is 0 Å². The number of hydrogen-bond donors (Lipinski definition) is 1. The van der Waals surface area contributed by atoms with E-state index in [2.05, 4.69) is 27.9 Å². The van der Waals surface area contributed by atoms with Crippen molar-refractivity contribution in [2.24, 2.45) is 0 Å². The first kappa shape index (κ1) is 10.6. The van der Waals surface area contributed by atoms with Crippen molar-refractivity contribution in [3.63, 3.8) is 0 Å². The molecule has 1 aromatic carbocycles. The van der Waals surface area contributed by atoms with Gasteiger partial charge < -0.3 is 5.32 Å². The van der Waals surface area contributed by atoms with Crippen molar-refractivity contribution in [2.75, 3.05) is 0 Å². The Morgan fingerprint density at radius 3 is 2.86 bits per heavy atom. The topological polar surface area (TPSA) is 29.1 Å². The van der Waals surface area contributed by atoms with Crippen LogP contribution in [-0.2, 0) is 4.79 Å². The van der Waals surface area contributed by atoms with Gasteiger partial charge in [0.15, 0.2) is 4.71 Å². The number of carbonyl (C=O) groups excluding carboxylic acids is 1. The molecular weight excluding hydrogens is 333 g/mol. The second kappa shape index (κ2) is 4.28. The highest BCUT2D eigenvalue weighted by atomic mass is 127. The Kier molecular flexibility index (Phi) is 3.23. The first-order chi connectivity index (χ1) is 6.66. The molecule has 5 heteroatoms. The number of amides is 1. The highest BCUT2D eigenvalue weighted by Gasteiger charge is 2.31. The molecule has 2 atom stereocenters. The van der Waals surface area contributed by atoms with Gasteiger partial charge in [-0.15, -0.1) is 23.4 Å². The zero-order valence-corrected chi connectivity index (χ0v) is 10.8. The molecule has 1 N–H and O–H groups in total. The predicted octanol–water partition coefficient (Wildman–Crippen LogP) is 2.72. The number of thioether (sulfide) groups is 1. The maximum absolute atomic E-state index is 11.2. The number of halogens is 2. The Morgan fingerprint density at radius 2 is 2.29 bits per heavy atom. The summed E-state index contributed by atoms with van der Waals surface area (Å²) in [5.74, 6) is -0.0967. The molecule has 74 valence electrons. The molecule has 1 saturated heterocycles. The summed E-state index contributed by atoms with van der Waals surface area (Å²) < 4.78 is 0.700. The van der Waals surface area contributed by atoms with Gasteiger partial charge in [-0.25, -0.2) is 0 Å². The second-order valence-electron chi connectivity index (χ2n) is 2.90. The lowest BCUT2D eigenvalue weighted by atomic mass is 10.2. The van der Waals surface area contributed by atoms with E-state index in [0.29, 0.717) is 0 Å². The molecule has 2 rings (SSSR count). The van der Waals surface area contributed by atoms with E-state index in [1.165, 1.54) is 11.8 Å². The van der Waals surface area contributed by atoms with Gasteiger partial charge in [0.25, 0.3) is 0 Å². The van der Waals surface area contributed by atoms with Gasteiger partial charge >= 0.3 is 0 Å². The van der Waals surface area contributed by atoms with Crippen molar-refractivity contribution in [3.8, 4) is 0 Å². The van der Waals surface area contributed by atoms with Gasteiger partial charge in [-0.1, -0.05) is 12.1 Å². The molecule has 0 saturated carbocycles. The van der Waals surface area contributed by atoms with E-state index in [0.717, 1.165) is 9.13 Å². The molecule has 0 radical (unpaired) electrons. The summed E-state index contributed by atoms with van der Waals surface area (Å²) in [5, 5.41) is 2.84. The van der Waals surface area contributed by atoms with Crippen molar-refractivity contribution >= 4 is 51.9 Å². The van der Waals surface area contributed by atoms with Gasteiger partial charge in [0.05, 0.1) is 0 Å². The zero-order chi connectivity index (χ0) is 10.1. The van der Waals surface area contributed by atoms with Gasteiger partial charge in [0, 0.05) is 3.57 Å². The lowest BCUT2D eigenvalue weighted by Crippen LogP contribution is -2.21. The van der Waals surface area contributed by atoms with Gasteiger partial charge in [-0.3, -0.25) is 4.79 Å². The van der Waals surface area contributed by atoms with Gasteiger partial charge in [-0.05, 0) is 40.3 Å². The van der Waals surface area contributed by atoms with E-state index in [1.807, 2.05) is 24.3 Å². The number of alkyl halides is 1. The van der Waals surface area contributed by atoms with Crippen LogP contribution in [-0.4, -0.2) is 10.6 Å². The van der Waals surface area contributed by atoms with E-state index in [1.54, 1.807) is 0 Å². The average Bonchev–Trinajstić information content (AvgIpc) is 2.47. The Bertz CT molecular complexity index is 374. The maximum atomic E-state index is 11.2. The summed E-state index contributed by atoms with van der Waals surface area (Å²) in [6.45, 7) is 0. The van der Waals surface area contributed by atoms with Crippen molar-refractivity contribution in [1.82, 2.24) is 5.32 Å². The summed E-state index contributed by atoms with van der Waals surface area (Å²) in [7, 11) is 0. The summed E-state index contributed by atoms with van der Waals surface area (Å²) in [5.41, 5.74) is 1.10. The monoisotopic (exact) mass is 339 g/mol. The van der Waals surface area contributed by atoms with Crippen LogP contribution < -0.4 is 5.32 Å². The first-order valence-electron chi connectivity index (χ1n) is 4.02. The molecule has 0 bridgehead atoms. The molecule has 0 aliphatic carbocycles. The summed E-state index contributed by atoms with van der Waals surface area (Å²) in [6, 6.07) is 8.04. The molecule has 1 amide bonds. The fourth-order valence-electron chi connectivity index (χ4n) is 1.24. The predicted molar refractivity (Wildman–Crippen MR) is 67.3 cm³/mol. The third-order valence-corrected chi connectivity index (χ3v) is 4.18. The fourth-order valence-corrected chi connectivity index (χ4v) is 3.10. The zero-order valence-electron chi connectivity index (χ0n) is 7.04. The second-order valence-corrected chi connectivity index (χ2v) is 6.05. The third-order valence-electron chi connectivity index (χ3n) is 1.89. The number of carbonyl (C=O) groups is 1. The number of hydrogen-bond acceptors (Lipinski definition) is 2. The van der Waals surface area contributed by atoms with Crippen LogP contribution >= 0.6 is 46.0 Å². The molecule has 1 aromatic rings. The minimum absolute atomic E-state index is 0.000263. The molecule has 14 heavy (non-hydrogen) atoms. The van der Waals surface area contributed by atoms with Crippen LogP contribution in [0.5, 0.6) is 0 Å². The van der Waals surface area contributed by atoms with Crippen LogP contribution in [0.2, 0.25) is 0 Å². The van der Waals surface area contributed by atoms with Crippen molar-refractivity contribution in [3.05, 3.63) is 33.4 Å². The Hall–Kier alpha value is 0.0600. The van der Waals surface area contributed by atoms with E-state index in [9.17, 15) is 4.79 Å². The van der Waals surface area contributed by atoms with E-state index >= 15 is 0 Å². The number of benzene rings is 1. The van der Waals surface area contributed by atoms with Crippen molar-refractivity contribution in [2.45, 2.75) is 10.1 Å². The summed E-state index contributed by atoms with van der Waals surface area (Å²) >= 11 is 9.48. The number of nitrogens with one attached hydrogen (secondary N) is 1. The fraction of sp³-hybridized carbons (Fsp3) is 0.222. The SMILES string of the molecule is O=C1NC(c2cccc(I)c2)SC1Cl. The summed E-state index contributed by atoms with van der Waals surface area (Å²) in [6.07, 6.45) is 0. The Labute approximate surface area is 105 Å². The standard InChI is InChI=1S/C9H7ClINOS/c10-7-8(13)12-9(14-7)5-2-1-3-6(11)4-5/h1-4,7,9H,(H,12,13).